The molecule has 0 radical (unpaired) electrons. The van der Waals surface area contributed by atoms with Crippen molar-refractivity contribution in [2.45, 2.75) is 58.5 Å². The molecular formula is C28H39N3O4. The summed E-state index contributed by atoms with van der Waals surface area (Å²) in [7, 11) is 3.48. The summed E-state index contributed by atoms with van der Waals surface area (Å²) in [6.07, 6.45) is 4.61. The number of anilines is 1. The molecule has 2 N–H and O–H groups in total. The summed E-state index contributed by atoms with van der Waals surface area (Å²) in [5.74, 6) is 1.48. The van der Waals surface area contributed by atoms with Gasteiger partial charge in [0.2, 0.25) is 5.91 Å². The van der Waals surface area contributed by atoms with Crippen LogP contribution in [0, 0.1) is 5.92 Å². The van der Waals surface area contributed by atoms with E-state index in [1.54, 1.807) is 26.0 Å². The molecule has 190 valence electrons. The Morgan fingerprint density at radius 1 is 1.06 bits per heavy atom. The van der Waals surface area contributed by atoms with Crippen LogP contribution in [0.25, 0.3) is 11.1 Å². The summed E-state index contributed by atoms with van der Waals surface area (Å²) in [4.78, 5) is 25.9. The summed E-state index contributed by atoms with van der Waals surface area (Å²) in [6, 6.07) is 14.7. The minimum absolute atomic E-state index is 0.00721. The highest BCUT2D eigenvalue weighted by Gasteiger charge is 2.22. The van der Waals surface area contributed by atoms with E-state index in [-0.39, 0.29) is 5.91 Å². The van der Waals surface area contributed by atoms with E-state index < -0.39 is 6.09 Å². The lowest BCUT2D eigenvalue weighted by molar-refractivity contribution is -0.116. The molecular weight excluding hydrogens is 442 g/mol. The van der Waals surface area contributed by atoms with Crippen LogP contribution in [0.1, 0.15) is 51.5 Å². The Morgan fingerprint density at radius 3 is 2.29 bits per heavy atom. The van der Waals surface area contributed by atoms with Gasteiger partial charge in [-0.2, -0.15) is 0 Å². The molecule has 7 nitrogen and oxygen atoms in total. The van der Waals surface area contributed by atoms with Gasteiger partial charge in [0, 0.05) is 50.9 Å². The van der Waals surface area contributed by atoms with E-state index in [0.717, 1.165) is 66.8 Å². The van der Waals surface area contributed by atoms with Gasteiger partial charge in [-0.1, -0.05) is 18.2 Å². The highest BCUT2D eigenvalue weighted by molar-refractivity contribution is 5.91. The van der Waals surface area contributed by atoms with Gasteiger partial charge in [0.25, 0.3) is 0 Å². The van der Waals surface area contributed by atoms with Crippen molar-refractivity contribution >= 4 is 17.7 Å². The minimum atomic E-state index is -0.821. The molecule has 2 aromatic rings. The maximum atomic E-state index is 11.6. The lowest BCUT2D eigenvalue weighted by Gasteiger charge is -2.30. The largest absolute Gasteiger partial charge is 0.496 e. The van der Waals surface area contributed by atoms with Gasteiger partial charge in [0.1, 0.15) is 5.75 Å². The number of nitrogens with zero attached hydrogens (tertiary/aromatic N) is 2. The molecule has 7 heteroatoms. The zero-order chi connectivity index (χ0) is 25.4. The maximum absolute atomic E-state index is 11.6. The fourth-order valence-corrected chi connectivity index (χ4v) is 4.79. The molecule has 2 aromatic carbocycles. The number of carbonyl (C=O) groups excluding carboxylic acids is 1. The Morgan fingerprint density at radius 2 is 1.71 bits per heavy atom. The van der Waals surface area contributed by atoms with Crippen molar-refractivity contribution in [1.29, 1.82) is 0 Å². The molecule has 1 fully saturated rings. The second-order valence-electron chi connectivity index (χ2n) is 9.40. The molecule has 2 amide bonds. The Balaban J connectivity index is 1.56. The van der Waals surface area contributed by atoms with E-state index in [9.17, 15) is 14.7 Å². The van der Waals surface area contributed by atoms with Crippen molar-refractivity contribution in [2.75, 3.05) is 32.1 Å². The first kappa shape index (κ1) is 26.5. The highest BCUT2D eigenvalue weighted by Crippen LogP contribution is 2.30. The fourth-order valence-electron chi connectivity index (χ4n) is 4.79. The number of hydrogen-bond acceptors (Lipinski definition) is 4. The predicted molar refractivity (Wildman–Crippen MR) is 140 cm³/mol. The number of carbonyl (C=O) groups is 2. The summed E-state index contributed by atoms with van der Waals surface area (Å²) in [5, 5.41) is 12.9. The van der Waals surface area contributed by atoms with Gasteiger partial charge in [-0.05, 0) is 80.3 Å². The standard InChI is InChI=1S/C28H39N3O4/c1-5-31(28(33)34)17-16-21-6-11-25(12-7-21)29-19-24-18-23(10-15-27(24)35-4)22-8-13-26(14-9-22)30(3)20(2)32/h8-10,13-15,18,21,25,29H,5-7,11-12,16-17,19H2,1-4H3,(H,33,34). The lowest BCUT2D eigenvalue weighted by Crippen LogP contribution is -2.35. The Labute approximate surface area is 209 Å². The Kier molecular flexibility index (Phi) is 9.55. The van der Waals surface area contributed by atoms with E-state index in [1.807, 2.05) is 37.3 Å². The number of ether oxygens (including phenoxy) is 1. The van der Waals surface area contributed by atoms with Crippen molar-refractivity contribution in [2.24, 2.45) is 5.92 Å². The second kappa shape index (κ2) is 12.6. The lowest BCUT2D eigenvalue weighted by atomic mass is 9.84. The number of amides is 2. The number of rotatable bonds is 10. The monoisotopic (exact) mass is 481 g/mol. The van der Waals surface area contributed by atoms with Gasteiger partial charge >= 0.3 is 6.09 Å². The molecule has 0 bridgehead atoms. The number of hydrogen-bond donors (Lipinski definition) is 2. The molecule has 0 saturated heterocycles. The van der Waals surface area contributed by atoms with Crippen LogP contribution in [-0.4, -0.2) is 55.3 Å². The summed E-state index contributed by atoms with van der Waals surface area (Å²) in [6.45, 7) is 5.36. The highest BCUT2D eigenvalue weighted by atomic mass is 16.5. The fraction of sp³-hybridized carbons (Fsp3) is 0.500. The maximum Gasteiger partial charge on any atom is 0.407 e. The summed E-state index contributed by atoms with van der Waals surface area (Å²) >= 11 is 0. The van der Waals surface area contributed by atoms with Crippen molar-refractivity contribution in [3.8, 4) is 16.9 Å². The van der Waals surface area contributed by atoms with Crippen LogP contribution < -0.4 is 15.0 Å². The van der Waals surface area contributed by atoms with Crippen LogP contribution in [0.15, 0.2) is 42.5 Å². The van der Waals surface area contributed by atoms with Gasteiger partial charge in [0.15, 0.2) is 0 Å². The normalized spacial score (nSPS) is 17.6. The molecule has 0 atom stereocenters. The van der Waals surface area contributed by atoms with Gasteiger partial charge < -0.3 is 25.0 Å². The van der Waals surface area contributed by atoms with Crippen molar-refractivity contribution in [3.05, 3.63) is 48.0 Å². The zero-order valence-electron chi connectivity index (χ0n) is 21.4. The van der Waals surface area contributed by atoms with Gasteiger partial charge in [-0.15, -0.1) is 0 Å². The van der Waals surface area contributed by atoms with E-state index >= 15 is 0 Å². The Bertz CT molecular complexity index is 984. The van der Waals surface area contributed by atoms with E-state index in [4.69, 9.17) is 4.74 Å². The first-order chi connectivity index (χ1) is 16.8. The van der Waals surface area contributed by atoms with Crippen molar-refractivity contribution in [3.63, 3.8) is 0 Å². The topological polar surface area (TPSA) is 82.1 Å². The predicted octanol–water partition coefficient (Wildman–Crippen LogP) is 5.38. The smallest absolute Gasteiger partial charge is 0.407 e. The van der Waals surface area contributed by atoms with E-state index in [2.05, 4.69) is 17.4 Å². The molecule has 0 heterocycles. The SMILES string of the molecule is CCN(CCC1CCC(NCc2cc(-c3ccc(N(C)C(C)=O)cc3)ccc2OC)CC1)C(=O)O. The third-order valence-electron chi connectivity index (χ3n) is 7.23. The molecule has 1 aliphatic carbocycles. The number of benzene rings is 2. The molecule has 1 saturated carbocycles. The van der Waals surface area contributed by atoms with Crippen LogP contribution in [0.5, 0.6) is 5.75 Å². The number of nitrogens with one attached hydrogen (secondary N) is 1. The van der Waals surface area contributed by atoms with Gasteiger partial charge in [-0.3, -0.25) is 4.79 Å². The third-order valence-corrected chi connectivity index (χ3v) is 7.23. The molecule has 0 aromatic heterocycles. The number of carboxylic acid groups (broad SMARTS) is 1. The molecule has 35 heavy (non-hydrogen) atoms. The minimum Gasteiger partial charge on any atom is -0.496 e. The van der Waals surface area contributed by atoms with Gasteiger partial charge in [-0.25, -0.2) is 4.79 Å². The van der Waals surface area contributed by atoms with Gasteiger partial charge in [0.05, 0.1) is 7.11 Å². The van der Waals surface area contributed by atoms with Crippen molar-refractivity contribution in [1.82, 2.24) is 10.2 Å². The third kappa shape index (κ3) is 7.21. The van der Waals surface area contributed by atoms with Crippen LogP contribution in [0.4, 0.5) is 10.5 Å². The average molecular weight is 482 g/mol. The molecule has 1 aliphatic rings. The van der Waals surface area contributed by atoms with Crippen LogP contribution in [-0.2, 0) is 11.3 Å². The molecule has 0 spiro atoms. The summed E-state index contributed by atoms with van der Waals surface area (Å²) in [5.41, 5.74) is 4.20. The molecule has 0 unspecified atom stereocenters. The quantitative estimate of drug-likeness (QED) is 0.476. The zero-order valence-corrected chi connectivity index (χ0v) is 21.4. The molecule has 0 aliphatic heterocycles. The van der Waals surface area contributed by atoms with Crippen LogP contribution >= 0.6 is 0 Å². The van der Waals surface area contributed by atoms with Crippen LogP contribution in [0.3, 0.4) is 0 Å². The van der Waals surface area contributed by atoms with E-state index in [1.165, 1.54) is 4.90 Å². The summed E-state index contributed by atoms with van der Waals surface area (Å²) < 4.78 is 5.62. The Hall–Kier alpha value is -3.06. The first-order valence-electron chi connectivity index (χ1n) is 12.5. The van der Waals surface area contributed by atoms with E-state index in [0.29, 0.717) is 25.0 Å². The molecule has 3 rings (SSSR count). The number of methoxy groups -OCH3 is 1. The second-order valence-corrected chi connectivity index (χ2v) is 9.40. The van der Waals surface area contributed by atoms with Crippen LogP contribution in [0.2, 0.25) is 0 Å². The first-order valence-corrected chi connectivity index (χ1v) is 12.5. The average Bonchev–Trinajstić information content (AvgIpc) is 2.87. The van der Waals surface area contributed by atoms with Crippen molar-refractivity contribution < 1.29 is 19.4 Å².